The standard InChI is InChI=1S/C41H33NO5/c43-41(47-30-34-20-11-4-12-21-34)37-26-38(45-28-32-16-7-2-8-17-32)36-24-35(22-13-23-44-27-31-14-5-1-6-15-31)25-39(40(36)42-37)46-29-33-18-9-3-10-19-33/h1-12,14-21,24-26H,23,27-30H2. The van der Waals surface area contributed by atoms with Crippen molar-refractivity contribution in [3.8, 4) is 23.3 Å². The summed E-state index contributed by atoms with van der Waals surface area (Å²) in [4.78, 5) is 18.1. The summed E-state index contributed by atoms with van der Waals surface area (Å²) < 4.78 is 24.1. The summed E-state index contributed by atoms with van der Waals surface area (Å²) in [6.45, 7) is 1.45. The number of ether oxygens (including phenoxy) is 4. The largest absolute Gasteiger partial charge is 0.488 e. The molecule has 0 aliphatic carbocycles. The van der Waals surface area contributed by atoms with Crippen LogP contribution in [0.2, 0.25) is 0 Å². The van der Waals surface area contributed by atoms with Gasteiger partial charge in [-0.3, -0.25) is 0 Å². The van der Waals surface area contributed by atoms with E-state index in [1.165, 1.54) is 0 Å². The molecule has 0 fully saturated rings. The van der Waals surface area contributed by atoms with Gasteiger partial charge in [-0.05, 0) is 34.4 Å². The number of carbonyl (C=O) groups is 1. The lowest BCUT2D eigenvalue weighted by atomic mass is 10.1. The molecule has 47 heavy (non-hydrogen) atoms. The Morgan fingerprint density at radius 2 is 1.09 bits per heavy atom. The van der Waals surface area contributed by atoms with Gasteiger partial charge < -0.3 is 18.9 Å². The van der Waals surface area contributed by atoms with Crippen molar-refractivity contribution >= 4 is 16.9 Å². The number of carbonyl (C=O) groups excluding carboxylic acids is 1. The molecule has 0 aliphatic heterocycles. The van der Waals surface area contributed by atoms with Gasteiger partial charge >= 0.3 is 5.97 Å². The molecule has 0 amide bonds. The number of esters is 1. The molecule has 1 aromatic heterocycles. The van der Waals surface area contributed by atoms with E-state index in [-0.39, 0.29) is 18.9 Å². The lowest BCUT2D eigenvalue weighted by molar-refractivity contribution is 0.0465. The van der Waals surface area contributed by atoms with Crippen LogP contribution in [-0.4, -0.2) is 17.6 Å². The predicted molar refractivity (Wildman–Crippen MR) is 182 cm³/mol. The Morgan fingerprint density at radius 3 is 1.66 bits per heavy atom. The highest BCUT2D eigenvalue weighted by atomic mass is 16.5. The third-order valence-corrected chi connectivity index (χ3v) is 7.26. The Morgan fingerprint density at radius 1 is 0.574 bits per heavy atom. The zero-order chi connectivity index (χ0) is 32.1. The highest BCUT2D eigenvalue weighted by molar-refractivity contribution is 5.97. The number of rotatable bonds is 12. The molecule has 0 bridgehead atoms. The van der Waals surface area contributed by atoms with Crippen LogP contribution in [0.3, 0.4) is 0 Å². The number of hydrogen-bond donors (Lipinski definition) is 0. The molecular weight excluding hydrogens is 586 g/mol. The van der Waals surface area contributed by atoms with Gasteiger partial charge in [-0.15, -0.1) is 0 Å². The van der Waals surface area contributed by atoms with Crippen molar-refractivity contribution in [2.24, 2.45) is 0 Å². The van der Waals surface area contributed by atoms with Gasteiger partial charge in [0.2, 0.25) is 0 Å². The Bertz CT molecular complexity index is 1970. The van der Waals surface area contributed by atoms with Gasteiger partial charge in [0.05, 0.1) is 6.61 Å². The fraction of sp³-hybridized carbons (Fsp3) is 0.122. The molecule has 0 aliphatic rings. The van der Waals surface area contributed by atoms with E-state index in [0.717, 1.165) is 22.3 Å². The number of benzene rings is 5. The second-order valence-corrected chi connectivity index (χ2v) is 10.8. The van der Waals surface area contributed by atoms with E-state index in [9.17, 15) is 4.79 Å². The molecule has 6 aromatic rings. The van der Waals surface area contributed by atoms with Crippen molar-refractivity contribution in [3.63, 3.8) is 0 Å². The summed E-state index contributed by atoms with van der Waals surface area (Å²) in [6.07, 6.45) is 0. The molecule has 0 N–H and O–H groups in total. The van der Waals surface area contributed by atoms with Crippen molar-refractivity contribution in [2.45, 2.75) is 26.4 Å². The Balaban J connectivity index is 1.33. The number of nitrogens with zero attached hydrogens (tertiary/aromatic N) is 1. The van der Waals surface area contributed by atoms with Crippen LogP contribution in [0.1, 0.15) is 38.3 Å². The third-order valence-electron chi connectivity index (χ3n) is 7.26. The molecule has 5 aromatic carbocycles. The molecular formula is C41H33NO5. The molecule has 0 radical (unpaired) electrons. The lowest BCUT2D eigenvalue weighted by Crippen LogP contribution is -2.09. The van der Waals surface area contributed by atoms with E-state index in [2.05, 4.69) is 11.8 Å². The molecule has 232 valence electrons. The smallest absolute Gasteiger partial charge is 0.357 e. The van der Waals surface area contributed by atoms with Crippen LogP contribution in [0.25, 0.3) is 10.9 Å². The second kappa shape index (κ2) is 15.9. The van der Waals surface area contributed by atoms with Gasteiger partial charge in [-0.1, -0.05) is 133 Å². The van der Waals surface area contributed by atoms with Crippen molar-refractivity contribution in [3.05, 3.63) is 173 Å². The van der Waals surface area contributed by atoms with Gasteiger partial charge in [0.25, 0.3) is 0 Å². The normalized spacial score (nSPS) is 10.6. The SMILES string of the molecule is O=C(OCc1ccccc1)c1cc(OCc2ccccc2)c2cc(C#CCOCc3ccccc3)cc(OCc3ccccc3)c2n1. The Hall–Kier alpha value is -5.90. The van der Waals surface area contributed by atoms with Crippen LogP contribution in [0, 0.1) is 11.8 Å². The van der Waals surface area contributed by atoms with Gasteiger partial charge in [0.15, 0.2) is 5.69 Å². The number of pyridine rings is 1. The number of aromatic nitrogens is 1. The van der Waals surface area contributed by atoms with Crippen molar-refractivity contribution in [2.75, 3.05) is 6.61 Å². The highest BCUT2D eigenvalue weighted by Gasteiger charge is 2.19. The average Bonchev–Trinajstić information content (AvgIpc) is 3.13. The highest BCUT2D eigenvalue weighted by Crippen LogP contribution is 2.34. The van der Waals surface area contributed by atoms with Gasteiger partial charge in [0, 0.05) is 17.0 Å². The average molecular weight is 620 g/mol. The van der Waals surface area contributed by atoms with E-state index < -0.39 is 5.97 Å². The quantitative estimate of drug-likeness (QED) is 0.0780. The van der Waals surface area contributed by atoms with Crippen LogP contribution in [0.4, 0.5) is 0 Å². The maximum Gasteiger partial charge on any atom is 0.357 e. The van der Waals surface area contributed by atoms with Crippen LogP contribution in [-0.2, 0) is 35.9 Å². The summed E-state index contributed by atoms with van der Waals surface area (Å²) in [7, 11) is 0. The molecule has 0 unspecified atom stereocenters. The second-order valence-electron chi connectivity index (χ2n) is 10.8. The lowest BCUT2D eigenvalue weighted by Gasteiger charge is -2.15. The maximum atomic E-state index is 13.3. The third kappa shape index (κ3) is 8.85. The minimum absolute atomic E-state index is 0.120. The fourth-order valence-electron chi connectivity index (χ4n) is 4.87. The monoisotopic (exact) mass is 619 g/mol. The minimum Gasteiger partial charge on any atom is -0.488 e. The molecule has 0 saturated heterocycles. The van der Waals surface area contributed by atoms with Crippen LogP contribution < -0.4 is 9.47 Å². The van der Waals surface area contributed by atoms with Crippen LogP contribution in [0.15, 0.2) is 140 Å². The van der Waals surface area contributed by atoms with E-state index >= 15 is 0 Å². The van der Waals surface area contributed by atoms with E-state index in [0.29, 0.717) is 47.8 Å². The summed E-state index contributed by atoms with van der Waals surface area (Å²) in [6, 6.07) is 44.6. The van der Waals surface area contributed by atoms with Crippen molar-refractivity contribution < 1.29 is 23.7 Å². The van der Waals surface area contributed by atoms with Gasteiger partial charge in [-0.2, -0.15) is 0 Å². The van der Waals surface area contributed by atoms with Gasteiger partial charge in [0.1, 0.15) is 43.4 Å². The van der Waals surface area contributed by atoms with Crippen molar-refractivity contribution in [1.29, 1.82) is 0 Å². The number of hydrogen-bond acceptors (Lipinski definition) is 6. The Kier molecular flexibility index (Phi) is 10.5. The summed E-state index contributed by atoms with van der Waals surface area (Å²) in [5.41, 5.74) is 5.24. The van der Waals surface area contributed by atoms with E-state index in [4.69, 9.17) is 23.9 Å². The minimum atomic E-state index is -0.561. The molecule has 6 nitrogen and oxygen atoms in total. The molecule has 0 spiro atoms. The van der Waals surface area contributed by atoms with Crippen LogP contribution >= 0.6 is 0 Å². The number of fused-ring (bicyclic) bond motifs is 1. The first kappa shape index (κ1) is 31.1. The first-order valence-corrected chi connectivity index (χ1v) is 15.3. The van der Waals surface area contributed by atoms with Crippen molar-refractivity contribution in [1.82, 2.24) is 4.98 Å². The topological polar surface area (TPSA) is 66.9 Å². The first-order chi connectivity index (χ1) is 23.2. The fourth-order valence-corrected chi connectivity index (χ4v) is 4.87. The summed E-state index contributed by atoms with van der Waals surface area (Å²) in [5, 5.41) is 0.667. The molecule has 1 heterocycles. The first-order valence-electron chi connectivity index (χ1n) is 15.3. The summed E-state index contributed by atoms with van der Waals surface area (Å²) in [5.74, 6) is 6.71. The molecule has 6 heteroatoms. The molecule has 0 saturated carbocycles. The van der Waals surface area contributed by atoms with Crippen LogP contribution in [0.5, 0.6) is 11.5 Å². The molecule has 0 atom stereocenters. The molecule has 6 rings (SSSR count). The zero-order valence-electron chi connectivity index (χ0n) is 25.8. The van der Waals surface area contributed by atoms with E-state index in [1.54, 1.807) is 6.07 Å². The Labute approximate surface area is 274 Å². The maximum absolute atomic E-state index is 13.3. The van der Waals surface area contributed by atoms with E-state index in [1.807, 2.05) is 133 Å². The van der Waals surface area contributed by atoms with Gasteiger partial charge in [-0.25, -0.2) is 9.78 Å². The zero-order valence-corrected chi connectivity index (χ0v) is 25.8. The summed E-state index contributed by atoms with van der Waals surface area (Å²) >= 11 is 0. The predicted octanol–water partition coefficient (Wildman–Crippen LogP) is 8.32.